The molecular formula is C24H27Cl2NO6. The number of benzene rings is 2. The van der Waals surface area contributed by atoms with Gasteiger partial charge in [-0.3, -0.25) is 9.63 Å². The number of nitrogens with one attached hydrogen (secondary N) is 1. The number of para-hydroxylation sites is 1. The number of carboxylic acid groups (broad SMARTS) is 1. The molecule has 0 aliphatic carbocycles. The van der Waals surface area contributed by atoms with Crippen LogP contribution in [0.2, 0.25) is 10.0 Å². The van der Waals surface area contributed by atoms with Crippen molar-refractivity contribution in [3.05, 3.63) is 63.6 Å². The van der Waals surface area contributed by atoms with Crippen LogP contribution in [0.25, 0.3) is 0 Å². The average molecular weight is 496 g/mol. The monoisotopic (exact) mass is 495 g/mol. The number of ether oxygens (including phenoxy) is 2. The minimum atomic E-state index is -1.09. The Morgan fingerprint density at radius 2 is 1.88 bits per heavy atom. The zero-order chi connectivity index (χ0) is 24.2. The van der Waals surface area contributed by atoms with Crippen molar-refractivity contribution >= 4 is 35.1 Å². The Morgan fingerprint density at radius 1 is 1.15 bits per heavy atom. The van der Waals surface area contributed by atoms with E-state index in [2.05, 4.69) is 5.48 Å². The average Bonchev–Trinajstić information content (AvgIpc) is 2.96. The smallest absolute Gasteiger partial charge is 0.339 e. The van der Waals surface area contributed by atoms with E-state index in [1.54, 1.807) is 36.4 Å². The lowest BCUT2D eigenvalue weighted by Crippen LogP contribution is -2.33. The van der Waals surface area contributed by atoms with E-state index in [1.807, 2.05) is 20.8 Å². The van der Waals surface area contributed by atoms with Gasteiger partial charge in [-0.15, -0.1) is 0 Å². The van der Waals surface area contributed by atoms with E-state index < -0.39 is 23.6 Å². The van der Waals surface area contributed by atoms with E-state index >= 15 is 0 Å². The first-order valence-corrected chi connectivity index (χ1v) is 11.3. The Hall–Kier alpha value is -2.32. The molecular weight excluding hydrogens is 469 g/mol. The van der Waals surface area contributed by atoms with E-state index in [0.29, 0.717) is 16.5 Å². The highest BCUT2D eigenvalue weighted by atomic mass is 35.5. The van der Waals surface area contributed by atoms with Gasteiger partial charge in [0.2, 0.25) is 0 Å². The lowest BCUT2D eigenvalue weighted by molar-refractivity contribution is -0.160. The minimum Gasteiger partial charge on any atom is -0.492 e. The number of rotatable bonds is 6. The number of carboxylic acids is 1. The minimum absolute atomic E-state index is 0.0555. The Morgan fingerprint density at radius 3 is 2.55 bits per heavy atom. The van der Waals surface area contributed by atoms with Crippen molar-refractivity contribution in [2.45, 2.75) is 38.9 Å². The Labute approximate surface area is 202 Å². The Bertz CT molecular complexity index is 1010. The van der Waals surface area contributed by atoms with E-state index in [9.17, 15) is 14.7 Å². The number of aromatic carboxylic acids is 1. The van der Waals surface area contributed by atoms with Crippen molar-refractivity contribution in [1.29, 1.82) is 0 Å². The van der Waals surface area contributed by atoms with Gasteiger partial charge in [-0.2, -0.15) is 0 Å². The summed E-state index contributed by atoms with van der Waals surface area (Å²) in [6.07, 6.45) is -0.133. The van der Waals surface area contributed by atoms with Crippen LogP contribution in [-0.2, 0) is 14.4 Å². The number of hydrogen-bond acceptors (Lipinski definition) is 6. The molecule has 1 saturated heterocycles. The van der Waals surface area contributed by atoms with Crippen molar-refractivity contribution in [3.8, 4) is 5.75 Å². The van der Waals surface area contributed by atoms with Crippen LogP contribution in [0.5, 0.6) is 5.75 Å². The van der Waals surface area contributed by atoms with Gasteiger partial charge in [-0.25, -0.2) is 10.3 Å². The largest absolute Gasteiger partial charge is 0.492 e. The van der Waals surface area contributed by atoms with Gasteiger partial charge in [-0.05, 0) is 57.0 Å². The molecule has 33 heavy (non-hydrogen) atoms. The molecule has 0 radical (unpaired) electrons. The van der Waals surface area contributed by atoms with E-state index in [-0.39, 0.29) is 36.4 Å². The van der Waals surface area contributed by atoms with Crippen molar-refractivity contribution < 1.29 is 29.0 Å². The standard InChI is InChI=1S/C24H27Cl2NO6/c1-24(2,3)32-23(30)15-10-16(13-31-20-7-5-4-6-17(20)22(28)29)21(33-27-12-15)14-8-9-18(25)19(26)11-14/h4-9,11,15-16,21,27H,10,12-13H2,1-3H3,(H,28,29)/t15?,16-,21+/m1/s1. The lowest BCUT2D eigenvalue weighted by Gasteiger charge is -2.27. The first-order chi connectivity index (χ1) is 15.5. The highest BCUT2D eigenvalue weighted by Crippen LogP contribution is 2.36. The number of carbonyl (C=O) groups is 2. The van der Waals surface area contributed by atoms with Gasteiger partial charge in [0.05, 0.1) is 22.6 Å². The first-order valence-electron chi connectivity index (χ1n) is 10.6. The van der Waals surface area contributed by atoms with Crippen LogP contribution in [0.3, 0.4) is 0 Å². The summed E-state index contributed by atoms with van der Waals surface area (Å²) in [6, 6.07) is 11.6. The second-order valence-corrected chi connectivity index (χ2v) is 9.71. The third-order valence-electron chi connectivity index (χ3n) is 5.14. The molecule has 1 fully saturated rings. The van der Waals surface area contributed by atoms with Gasteiger partial charge in [0.15, 0.2) is 0 Å². The summed E-state index contributed by atoms with van der Waals surface area (Å²) in [6.45, 7) is 5.81. The molecule has 0 spiro atoms. The molecule has 1 aliphatic rings. The fraction of sp³-hybridized carbons (Fsp3) is 0.417. The topological polar surface area (TPSA) is 94.1 Å². The molecule has 0 amide bonds. The maximum absolute atomic E-state index is 12.8. The van der Waals surface area contributed by atoms with Crippen LogP contribution < -0.4 is 10.2 Å². The lowest BCUT2D eigenvalue weighted by atomic mass is 9.87. The maximum atomic E-state index is 12.8. The predicted octanol–water partition coefficient (Wildman–Crippen LogP) is 5.31. The van der Waals surface area contributed by atoms with E-state index in [4.69, 9.17) is 37.5 Å². The SMILES string of the molecule is CC(C)(C)OC(=O)C1CNO[C@@H](c2ccc(Cl)c(Cl)c2)[C@@H](COc2ccccc2C(=O)O)C1. The number of hydroxylamine groups is 1. The molecule has 0 bridgehead atoms. The van der Waals surface area contributed by atoms with E-state index in [1.165, 1.54) is 6.07 Å². The van der Waals surface area contributed by atoms with Crippen molar-refractivity contribution in [3.63, 3.8) is 0 Å². The molecule has 1 unspecified atom stereocenters. The molecule has 3 atom stereocenters. The number of halogens is 2. The second kappa shape index (κ2) is 10.7. The van der Waals surface area contributed by atoms with Gasteiger partial charge in [0.1, 0.15) is 23.0 Å². The molecule has 9 heteroatoms. The van der Waals surface area contributed by atoms with E-state index in [0.717, 1.165) is 5.56 Å². The van der Waals surface area contributed by atoms with Crippen molar-refractivity contribution in [2.24, 2.45) is 11.8 Å². The second-order valence-electron chi connectivity index (χ2n) is 8.90. The third kappa shape index (κ3) is 6.84. The summed E-state index contributed by atoms with van der Waals surface area (Å²) in [5.41, 5.74) is 3.06. The molecule has 2 N–H and O–H groups in total. The number of hydrogen-bond donors (Lipinski definition) is 2. The molecule has 0 saturated carbocycles. The van der Waals surface area contributed by atoms with Crippen LogP contribution in [0.4, 0.5) is 0 Å². The zero-order valence-electron chi connectivity index (χ0n) is 18.6. The highest BCUT2D eigenvalue weighted by molar-refractivity contribution is 6.42. The molecule has 2 aromatic carbocycles. The quantitative estimate of drug-likeness (QED) is 0.524. The fourth-order valence-corrected chi connectivity index (χ4v) is 3.93. The summed E-state index contributed by atoms with van der Waals surface area (Å²) in [4.78, 5) is 30.3. The summed E-state index contributed by atoms with van der Waals surface area (Å²) >= 11 is 12.3. The van der Waals surface area contributed by atoms with Crippen LogP contribution in [-0.4, -0.2) is 35.8 Å². The van der Waals surface area contributed by atoms with Gasteiger partial charge >= 0.3 is 11.9 Å². The summed E-state index contributed by atoms with van der Waals surface area (Å²) in [7, 11) is 0. The molecule has 178 valence electrons. The maximum Gasteiger partial charge on any atom is 0.339 e. The first kappa shape index (κ1) is 25.3. The molecule has 1 heterocycles. The fourth-order valence-electron chi connectivity index (χ4n) is 3.62. The number of carbonyl (C=O) groups excluding carboxylic acids is 1. The molecule has 0 aromatic heterocycles. The van der Waals surface area contributed by atoms with Gasteiger partial charge in [-0.1, -0.05) is 41.4 Å². The zero-order valence-corrected chi connectivity index (χ0v) is 20.2. The summed E-state index contributed by atoms with van der Waals surface area (Å²) in [5, 5.41) is 10.2. The number of esters is 1. The summed E-state index contributed by atoms with van der Waals surface area (Å²) < 4.78 is 11.5. The molecule has 2 aromatic rings. The molecule has 3 rings (SSSR count). The summed E-state index contributed by atoms with van der Waals surface area (Å²) in [5.74, 6) is -2.00. The predicted molar refractivity (Wildman–Crippen MR) is 125 cm³/mol. The van der Waals surface area contributed by atoms with Crippen LogP contribution >= 0.6 is 23.2 Å². The normalized spacial score (nSPS) is 21.2. The van der Waals surface area contributed by atoms with Crippen LogP contribution in [0.15, 0.2) is 42.5 Å². The van der Waals surface area contributed by atoms with Crippen molar-refractivity contribution in [2.75, 3.05) is 13.2 Å². The Balaban J connectivity index is 1.88. The van der Waals surface area contributed by atoms with Gasteiger partial charge < -0.3 is 14.6 Å². The Kier molecular flexibility index (Phi) is 8.23. The van der Waals surface area contributed by atoms with Crippen molar-refractivity contribution in [1.82, 2.24) is 5.48 Å². The van der Waals surface area contributed by atoms with Crippen LogP contribution in [0, 0.1) is 11.8 Å². The van der Waals surface area contributed by atoms with Crippen LogP contribution in [0.1, 0.15) is 49.2 Å². The highest BCUT2D eigenvalue weighted by Gasteiger charge is 2.36. The molecule has 1 aliphatic heterocycles. The third-order valence-corrected chi connectivity index (χ3v) is 5.88. The van der Waals surface area contributed by atoms with Gasteiger partial charge in [0.25, 0.3) is 0 Å². The van der Waals surface area contributed by atoms with Gasteiger partial charge in [0, 0.05) is 12.5 Å². The molecule has 7 nitrogen and oxygen atoms in total.